The lowest BCUT2D eigenvalue weighted by Gasteiger charge is -2.25. The van der Waals surface area contributed by atoms with Crippen molar-refractivity contribution in [2.45, 2.75) is 46.1 Å². The van der Waals surface area contributed by atoms with E-state index in [1.807, 2.05) is 6.92 Å². The molecule has 0 saturated heterocycles. The summed E-state index contributed by atoms with van der Waals surface area (Å²) in [5.41, 5.74) is -0.959. The number of amides is 1. The summed E-state index contributed by atoms with van der Waals surface area (Å²) < 4.78 is 0. The number of carbonyl (C=O) groups is 2. The Bertz CT molecular complexity index is 269. The molecule has 4 nitrogen and oxygen atoms in total. The molecule has 0 bridgehead atoms. The van der Waals surface area contributed by atoms with Gasteiger partial charge in [-0.15, -0.1) is 0 Å². The topological polar surface area (TPSA) is 57.6 Å². The lowest BCUT2D eigenvalue weighted by Crippen LogP contribution is -2.38. The lowest BCUT2D eigenvalue weighted by atomic mass is 9.89. The SMILES string of the molecule is CCN(C(=O)CC(C)(C)C(=O)O)C1CC1. The van der Waals surface area contributed by atoms with Crippen LogP contribution in [0.5, 0.6) is 0 Å². The first-order chi connectivity index (χ1) is 6.88. The van der Waals surface area contributed by atoms with Gasteiger partial charge in [-0.25, -0.2) is 0 Å². The highest BCUT2D eigenvalue weighted by atomic mass is 16.4. The van der Waals surface area contributed by atoms with Crippen molar-refractivity contribution in [1.82, 2.24) is 4.90 Å². The fourth-order valence-electron chi connectivity index (χ4n) is 1.58. The van der Waals surface area contributed by atoms with Crippen molar-refractivity contribution in [3.05, 3.63) is 0 Å². The number of hydrogen-bond donors (Lipinski definition) is 1. The highest BCUT2D eigenvalue weighted by Crippen LogP contribution is 2.29. The number of carbonyl (C=O) groups excluding carboxylic acids is 1. The summed E-state index contributed by atoms with van der Waals surface area (Å²) in [7, 11) is 0. The van der Waals surface area contributed by atoms with Gasteiger partial charge in [0.15, 0.2) is 0 Å². The van der Waals surface area contributed by atoms with Gasteiger partial charge in [0, 0.05) is 19.0 Å². The van der Waals surface area contributed by atoms with Crippen LogP contribution in [0.4, 0.5) is 0 Å². The Kier molecular flexibility index (Phi) is 3.37. The monoisotopic (exact) mass is 213 g/mol. The summed E-state index contributed by atoms with van der Waals surface area (Å²) in [5.74, 6) is -0.949. The van der Waals surface area contributed by atoms with Gasteiger partial charge < -0.3 is 10.0 Å². The van der Waals surface area contributed by atoms with E-state index < -0.39 is 11.4 Å². The fourth-order valence-corrected chi connectivity index (χ4v) is 1.58. The van der Waals surface area contributed by atoms with E-state index in [4.69, 9.17) is 5.11 Å². The van der Waals surface area contributed by atoms with Crippen molar-refractivity contribution in [2.75, 3.05) is 6.54 Å². The van der Waals surface area contributed by atoms with E-state index in [1.54, 1.807) is 18.7 Å². The minimum atomic E-state index is -0.959. The van der Waals surface area contributed by atoms with Crippen molar-refractivity contribution in [1.29, 1.82) is 0 Å². The van der Waals surface area contributed by atoms with E-state index in [9.17, 15) is 9.59 Å². The van der Waals surface area contributed by atoms with E-state index in [1.165, 1.54) is 0 Å². The standard InChI is InChI=1S/C11H19NO3/c1-4-12(8-5-6-8)9(13)7-11(2,3)10(14)15/h8H,4-7H2,1-3H3,(H,14,15). The van der Waals surface area contributed by atoms with Crippen LogP contribution in [0.2, 0.25) is 0 Å². The van der Waals surface area contributed by atoms with Crippen molar-refractivity contribution < 1.29 is 14.7 Å². The molecule has 1 fully saturated rings. The number of aliphatic carboxylic acids is 1. The normalized spacial score (nSPS) is 16.2. The van der Waals surface area contributed by atoms with Gasteiger partial charge >= 0.3 is 5.97 Å². The molecule has 1 saturated carbocycles. The molecule has 1 amide bonds. The van der Waals surface area contributed by atoms with Crippen LogP contribution in [0.1, 0.15) is 40.0 Å². The van der Waals surface area contributed by atoms with Crippen LogP contribution in [0, 0.1) is 5.41 Å². The first-order valence-corrected chi connectivity index (χ1v) is 5.41. The minimum absolute atomic E-state index is 0.0348. The second kappa shape index (κ2) is 4.21. The van der Waals surface area contributed by atoms with Gasteiger partial charge in [0.1, 0.15) is 0 Å². The number of rotatable bonds is 5. The Labute approximate surface area is 90.3 Å². The van der Waals surface area contributed by atoms with E-state index in [0.29, 0.717) is 12.6 Å². The molecule has 86 valence electrons. The van der Waals surface area contributed by atoms with Gasteiger partial charge in [-0.3, -0.25) is 9.59 Å². The molecule has 0 aromatic rings. The first-order valence-electron chi connectivity index (χ1n) is 5.41. The Morgan fingerprint density at radius 3 is 2.27 bits per heavy atom. The van der Waals surface area contributed by atoms with Gasteiger partial charge in [0.05, 0.1) is 5.41 Å². The van der Waals surface area contributed by atoms with Gasteiger partial charge in [-0.05, 0) is 33.6 Å². The summed E-state index contributed by atoms with van der Waals surface area (Å²) in [6, 6.07) is 0.368. The molecule has 0 atom stereocenters. The lowest BCUT2D eigenvalue weighted by molar-refractivity contribution is -0.151. The molecule has 0 unspecified atom stereocenters. The van der Waals surface area contributed by atoms with E-state index in [0.717, 1.165) is 12.8 Å². The van der Waals surface area contributed by atoms with Gasteiger partial charge in [-0.1, -0.05) is 0 Å². The summed E-state index contributed by atoms with van der Waals surface area (Å²) in [6.07, 6.45) is 2.22. The average Bonchev–Trinajstić information content (AvgIpc) is 2.88. The Balaban J connectivity index is 2.56. The molecule has 1 rings (SSSR count). The maximum Gasteiger partial charge on any atom is 0.309 e. The molecule has 1 N–H and O–H groups in total. The van der Waals surface area contributed by atoms with E-state index in [-0.39, 0.29) is 12.3 Å². The molecule has 0 aliphatic heterocycles. The fraction of sp³-hybridized carbons (Fsp3) is 0.818. The average molecular weight is 213 g/mol. The molecular weight excluding hydrogens is 194 g/mol. The summed E-state index contributed by atoms with van der Waals surface area (Å²) in [6.45, 7) is 5.80. The highest BCUT2D eigenvalue weighted by molar-refractivity contribution is 5.84. The van der Waals surface area contributed by atoms with E-state index in [2.05, 4.69) is 0 Å². The molecule has 0 aromatic carbocycles. The Hall–Kier alpha value is -1.06. The molecule has 0 aromatic heterocycles. The molecule has 1 aliphatic carbocycles. The molecular formula is C11H19NO3. The summed E-state index contributed by atoms with van der Waals surface area (Å²) in [5, 5.41) is 8.93. The molecule has 1 aliphatic rings. The van der Waals surface area contributed by atoms with Crippen LogP contribution in [0.3, 0.4) is 0 Å². The zero-order valence-electron chi connectivity index (χ0n) is 9.62. The zero-order valence-corrected chi connectivity index (χ0v) is 9.62. The number of carboxylic acid groups (broad SMARTS) is 1. The van der Waals surface area contributed by atoms with Crippen molar-refractivity contribution in [3.63, 3.8) is 0 Å². The van der Waals surface area contributed by atoms with Crippen LogP contribution >= 0.6 is 0 Å². The largest absolute Gasteiger partial charge is 0.481 e. The predicted molar refractivity (Wildman–Crippen MR) is 56.4 cm³/mol. The number of carboxylic acids is 1. The van der Waals surface area contributed by atoms with Crippen LogP contribution in [-0.2, 0) is 9.59 Å². The third-order valence-corrected chi connectivity index (χ3v) is 2.82. The second-order valence-corrected chi connectivity index (χ2v) is 4.78. The zero-order chi connectivity index (χ0) is 11.6. The maximum atomic E-state index is 11.8. The third-order valence-electron chi connectivity index (χ3n) is 2.82. The quantitative estimate of drug-likeness (QED) is 0.753. The smallest absolute Gasteiger partial charge is 0.309 e. The maximum absolute atomic E-state index is 11.8. The Morgan fingerprint density at radius 1 is 1.40 bits per heavy atom. The van der Waals surface area contributed by atoms with Crippen LogP contribution < -0.4 is 0 Å². The summed E-state index contributed by atoms with van der Waals surface area (Å²) in [4.78, 5) is 24.5. The van der Waals surface area contributed by atoms with Gasteiger partial charge in [0.25, 0.3) is 0 Å². The van der Waals surface area contributed by atoms with Crippen molar-refractivity contribution >= 4 is 11.9 Å². The highest BCUT2D eigenvalue weighted by Gasteiger charge is 2.36. The number of hydrogen-bond acceptors (Lipinski definition) is 2. The van der Waals surface area contributed by atoms with Crippen LogP contribution in [-0.4, -0.2) is 34.5 Å². The molecule has 0 spiro atoms. The molecule has 0 radical (unpaired) electrons. The van der Waals surface area contributed by atoms with Gasteiger partial charge in [-0.2, -0.15) is 0 Å². The van der Waals surface area contributed by atoms with Crippen LogP contribution in [0.15, 0.2) is 0 Å². The Morgan fingerprint density at radius 2 is 1.93 bits per heavy atom. The third kappa shape index (κ3) is 2.94. The van der Waals surface area contributed by atoms with Gasteiger partial charge in [0.2, 0.25) is 5.91 Å². The molecule has 0 heterocycles. The van der Waals surface area contributed by atoms with Crippen LogP contribution in [0.25, 0.3) is 0 Å². The second-order valence-electron chi connectivity index (χ2n) is 4.78. The molecule has 15 heavy (non-hydrogen) atoms. The van der Waals surface area contributed by atoms with E-state index >= 15 is 0 Å². The minimum Gasteiger partial charge on any atom is -0.481 e. The first kappa shape index (κ1) is 12.0. The van der Waals surface area contributed by atoms with Crippen molar-refractivity contribution in [3.8, 4) is 0 Å². The van der Waals surface area contributed by atoms with Crippen molar-refractivity contribution in [2.24, 2.45) is 5.41 Å². The predicted octanol–water partition coefficient (Wildman–Crippen LogP) is 1.50. The molecule has 4 heteroatoms. The number of nitrogens with zero attached hydrogens (tertiary/aromatic N) is 1. The summed E-state index contributed by atoms with van der Waals surface area (Å²) >= 11 is 0.